The van der Waals surface area contributed by atoms with E-state index in [1.165, 1.54) is 35.0 Å². The van der Waals surface area contributed by atoms with Crippen LogP contribution in [0.1, 0.15) is 141 Å². The summed E-state index contributed by atoms with van der Waals surface area (Å²) in [5.41, 5.74) is 6.76. The number of nitrogens with two attached hydrogens (primary N) is 2. The number of carbonyl (C=O) groups excluding carboxylic acids is 4. The van der Waals surface area contributed by atoms with Crippen molar-refractivity contribution in [2.75, 3.05) is 32.7 Å². The van der Waals surface area contributed by atoms with E-state index in [0.717, 1.165) is 110 Å². The molecule has 0 atom stereocenters. The monoisotopic (exact) mass is 1710 g/mol. The Balaban J connectivity index is 0.000000174. The predicted octanol–water partition coefficient (Wildman–Crippen LogP) is 22.6. The molecule has 0 aliphatic rings. The predicted molar refractivity (Wildman–Crippen MR) is 395 cm³/mol. The van der Waals surface area contributed by atoms with Gasteiger partial charge in [0.15, 0.2) is 22.8 Å². The van der Waals surface area contributed by atoms with E-state index in [2.05, 4.69) is 36.3 Å². The van der Waals surface area contributed by atoms with Gasteiger partial charge in [-0.2, -0.15) is 73.1 Å². The fourth-order valence-electron chi connectivity index (χ4n) is 10.2. The first-order valence-electron chi connectivity index (χ1n) is 32.8. The minimum Gasteiger partial charge on any atom is -0.397 e. The first-order valence-corrected chi connectivity index (χ1v) is 36.5. The topological polar surface area (TPSA) is 240 Å². The van der Waals surface area contributed by atoms with E-state index >= 15 is 0 Å². The van der Waals surface area contributed by atoms with Crippen LogP contribution in [0.5, 0.6) is 0 Å². The number of carbonyl (C=O) groups is 4. The molecule has 114 heavy (non-hydrogen) atoms. The van der Waals surface area contributed by atoms with Gasteiger partial charge >= 0.3 is 24.7 Å². The van der Waals surface area contributed by atoms with Crippen molar-refractivity contribution in [2.45, 2.75) is 104 Å². The van der Waals surface area contributed by atoms with Gasteiger partial charge in [0.05, 0.1) is 89.6 Å². The van der Waals surface area contributed by atoms with Crippen molar-refractivity contribution in [3.05, 3.63) is 221 Å². The highest BCUT2D eigenvalue weighted by Gasteiger charge is 2.40. The Morgan fingerprint density at radius 1 is 0.342 bits per heavy atom. The summed E-state index contributed by atoms with van der Waals surface area (Å²) in [4.78, 5) is 49.5. The number of rotatable bonds is 16. The number of anilines is 6. The summed E-state index contributed by atoms with van der Waals surface area (Å²) in [6.45, 7) is 13.1. The molecule has 0 unspecified atom stereocenters. The molecule has 0 radical (unpaired) electrons. The van der Waals surface area contributed by atoms with Crippen molar-refractivity contribution >= 4 is 115 Å². The summed E-state index contributed by atoms with van der Waals surface area (Å²) >= 11 is 9.04. The van der Waals surface area contributed by atoms with Gasteiger partial charge in [-0.05, 0) is 152 Å². The van der Waals surface area contributed by atoms with Gasteiger partial charge in [0.1, 0.15) is 52.1 Å². The number of nitrogens with zero attached hydrogens (tertiary/aromatic N) is 8. The number of nitrogens with one attached hydrogen (secondary N) is 4. The maximum atomic E-state index is 14.5. The second-order valence-electron chi connectivity index (χ2n) is 25.1. The van der Waals surface area contributed by atoms with Crippen molar-refractivity contribution in [3.63, 3.8) is 0 Å². The fraction of sp³-hybridized carbons (Fsp3) is 0.222. The summed E-state index contributed by atoms with van der Waals surface area (Å²) in [5.74, 6) is -9.53. The summed E-state index contributed by atoms with van der Waals surface area (Å²) < 4.78 is 258. The molecule has 8 N–H and O–H groups in total. The van der Waals surface area contributed by atoms with Gasteiger partial charge in [-0.3, -0.25) is 37.9 Å². The SMILES string of the molecule is CC(C)n1nc(C(F)(F)F)cc1-c1sc(C(=O)Nc2c(F)cccc2F)cc1F.CC(C)n1nc(C(F)(F)F)cc1-c1sc(C(=O)Nc2c(F)cccc2F)cc1N.CC(C)n1nc(C(F)(F)F)cc1-c1sc(C(=O)Nc2ccccc2Cl)cc1N.CC(C)n1nc(C(F)(F)F)cc1-c1sc(C(=O)Nc2ccccc2F)cc1F. The standard InChI is InChI=1S/C18H16ClF3N4OS.C18H13F6N3OS.C18H15F5N4OS.C18H14F5N3OS/c1-9(2)26-13(8-15(25-26)18(20,21)22)16-11(23)7-14(28-16)17(27)24-12-6-4-3-5-10(12)19;1-8(2)27-12(7-14(26-27)18(22,23)24)16-11(21)6-13(29-16)17(28)25-15-9(19)4-3-5-10(15)20;1-8(2)27-12(7-14(26-27)18(21,22)23)16-11(24)6-13(29-16)17(28)25-15-9(19)4-3-5-10(15)20;1-9(2)26-13(8-15(25-26)18(21,22)23)16-11(20)7-14(28-16)17(27)24-12-6-4-3-5-10(12)19/h3-9H,23H2,1-2H3,(H,24,27);3-8H,1-2H3,(H,25,28);3-8H,24H2,1-2H3,(H,25,28);3-9H,1-2H3,(H,24,27). The normalized spacial score (nSPS) is 11.9. The highest BCUT2D eigenvalue weighted by molar-refractivity contribution is 7.19. The third-order valence-corrected chi connectivity index (χ3v) is 20.4. The van der Waals surface area contributed by atoms with Crippen LogP contribution >= 0.6 is 56.9 Å². The first-order chi connectivity index (χ1) is 53.1. The number of aromatic nitrogens is 8. The lowest BCUT2D eigenvalue weighted by Crippen LogP contribution is -2.12. The van der Waals surface area contributed by atoms with Gasteiger partial charge in [-0.25, -0.2) is 30.7 Å². The molecule has 12 aromatic rings. The molecule has 4 amide bonds. The van der Waals surface area contributed by atoms with E-state index < -0.39 is 141 Å². The van der Waals surface area contributed by atoms with Crippen LogP contribution in [0.15, 0.2) is 133 Å². The van der Waals surface area contributed by atoms with Crippen LogP contribution < -0.4 is 32.7 Å². The molecule has 4 aromatic carbocycles. The Bertz CT molecular complexity index is 5150. The fourth-order valence-corrected chi connectivity index (χ4v) is 14.2. The molecule has 8 aromatic heterocycles. The number of hydrogen-bond acceptors (Lipinski definition) is 14. The quantitative estimate of drug-likeness (QED) is 0.0500. The number of amides is 4. The highest BCUT2D eigenvalue weighted by Crippen LogP contribution is 2.45. The number of thiophene rings is 4. The van der Waals surface area contributed by atoms with E-state index in [9.17, 15) is 103 Å². The summed E-state index contributed by atoms with van der Waals surface area (Å²) in [5, 5.41) is 23.7. The molecule has 12 rings (SSSR count). The lowest BCUT2D eigenvalue weighted by atomic mass is 10.2. The largest absolute Gasteiger partial charge is 0.435 e. The zero-order valence-electron chi connectivity index (χ0n) is 59.6. The summed E-state index contributed by atoms with van der Waals surface area (Å²) in [7, 11) is 0. The number of para-hydroxylation sites is 4. The van der Waals surface area contributed by atoms with E-state index in [1.807, 2.05) is 5.32 Å². The van der Waals surface area contributed by atoms with Crippen LogP contribution in [-0.4, -0.2) is 62.8 Å². The Morgan fingerprint density at radius 2 is 0.596 bits per heavy atom. The molecule has 0 fully saturated rings. The molecule has 604 valence electrons. The number of hydrogen-bond donors (Lipinski definition) is 6. The van der Waals surface area contributed by atoms with E-state index in [4.69, 9.17) is 23.1 Å². The van der Waals surface area contributed by atoms with Gasteiger partial charge in [0, 0.05) is 24.2 Å². The van der Waals surface area contributed by atoms with Crippen molar-refractivity contribution in [3.8, 4) is 42.3 Å². The van der Waals surface area contributed by atoms with Crippen molar-refractivity contribution < 1.29 is 103 Å². The molecular formula is C72H58ClF19N14O4S4. The third-order valence-electron chi connectivity index (χ3n) is 15.4. The van der Waals surface area contributed by atoms with Gasteiger partial charge < -0.3 is 32.7 Å². The van der Waals surface area contributed by atoms with Gasteiger partial charge in [0.2, 0.25) is 0 Å². The molecule has 0 aliphatic heterocycles. The van der Waals surface area contributed by atoms with Gasteiger partial charge in [-0.1, -0.05) is 48.0 Å². The lowest BCUT2D eigenvalue weighted by molar-refractivity contribution is -0.142. The maximum Gasteiger partial charge on any atom is 0.435 e. The molecular weight excluding hydrogens is 1650 g/mol. The van der Waals surface area contributed by atoms with E-state index in [0.29, 0.717) is 44.3 Å². The average Bonchev–Trinajstić information content (AvgIpc) is 1.65. The minimum atomic E-state index is -4.73. The molecule has 0 spiro atoms. The zero-order chi connectivity index (χ0) is 84.3. The number of benzene rings is 4. The number of alkyl halides is 12. The Morgan fingerprint density at radius 3 is 0.895 bits per heavy atom. The molecule has 0 aliphatic carbocycles. The van der Waals surface area contributed by atoms with Crippen molar-refractivity contribution in [1.82, 2.24) is 39.1 Å². The molecule has 0 bridgehead atoms. The molecule has 18 nitrogen and oxygen atoms in total. The van der Waals surface area contributed by atoms with Crippen molar-refractivity contribution in [2.24, 2.45) is 0 Å². The Hall–Kier alpha value is -11.0. The summed E-state index contributed by atoms with van der Waals surface area (Å²) in [6, 6.07) is 24.1. The number of halogens is 20. The van der Waals surface area contributed by atoms with Crippen LogP contribution in [-0.2, 0) is 24.7 Å². The second kappa shape index (κ2) is 34.7. The third kappa shape index (κ3) is 20.3. The Labute approximate surface area is 653 Å². The van der Waals surface area contributed by atoms with Crippen LogP contribution in [0.2, 0.25) is 5.02 Å². The van der Waals surface area contributed by atoms with E-state index in [-0.39, 0.29) is 80.0 Å². The van der Waals surface area contributed by atoms with E-state index in [1.54, 1.807) is 79.7 Å². The smallest absolute Gasteiger partial charge is 0.397 e. The molecule has 8 heterocycles. The number of nitrogen functional groups attached to an aromatic ring is 2. The Kier molecular flexibility index (Phi) is 26.5. The second-order valence-corrected chi connectivity index (χ2v) is 29.8. The van der Waals surface area contributed by atoms with Crippen LogP contribution in [0, 0.1) is 40.7 Å². The maximum absolute atomic E-state index is 14.5. The molecule has 42 heteroatoms. The average molecular weight is 1710 g/mol. The molecule has 0 saturated heterocycles. The van der Waals surface area contributed by atoms with Crippen molar-refractivity contribution in [1.29, 1.82) is 0 Å². The lowest BCUT2D eigenvalue weighted by Gasteiger charge is -2.10. The highest BCUT2D eigenvalue weighted by atomic mass is 35.5. The van der Waals surface area contributed by atoms with Crippen LogP contribution in [0.4, 0.5) is 118 Å². The summed E-state index contributed by atoms with van der Waals surface area (Å²) in [6.07, 6.45) is -18.6. The van der Waals surface area contributed by atoms with Crippen LogP contribution in [0.3, 0.4) is 0 Å². The first kappa shape index (κ1) is 86.9. The van der Waals surface area contributed by atoms with Gasteiger partial charge in [-0.15, -0.1) is 45.3 Å². The van der Waals surface area contributed by atoms with Crippen LogP contribution in [0.25, 0.3) is 42.3 Å². The minimum absolute atomic E-state index is 0.0229. The zero-order valence-corrected chi connectivity index (χ0v) is 63.6. The molecule has 0 saturated carbocycles. The van der Waals surface area contributed by atoms with Gasteiger partial charge in [0.25, 0.3) is 23.6 Å².